The van der Waals surface area contributed by atoms with Crippen molar-refractivity contribution in [3.63, 3.8) is 0 Å². The van der Waals surface area contributed by atoms with Crippen LogP contribution in [0, 0.1) is 17.0 Å². The fraction of sp³-hybridized carbons (Fsp3) is 0.538. The second-order valence-electron chi connectivity index (χ2n) is 5.24. The van der Waals surface area contributed by atoms with E-state index in [0.29, 0.717) is 0 Å². The van der Waals surface area contributed by atoms with E-state index in [0.717, 1.165) is 0 Å². The van der Waals surface area contributed by atoms with Crippen molar-refractivity contribution in [2.75, 3.05) is 13.1 Å². The van der Waals surface area contributed by atoms with Crippen LogP contribution in [-0.4, -0.2) is 42.9 Å². The van der Waals surface area contributed by atoms with E-state index in [1.807, 2.05) is 0 Å². The van der Waals surface area contributed by atoms with Crippen LogP contribution in [0.2, 0.25) is 0 Å². The number of sulfonamides is 1. The zero-order valence-electron chi connectivity index (χ0n) is 12.1. The minimum atomic E-state index is -3.77. The molecule has 0 saturated carbocycles. The Kier molecular flexibility index (Phi) is 4.31. The lowest BCUT2D eigenvalue weighted by atomic mass is 10.2. The summed E-state index contributed by atoms with van der Waals surface area (Å²) in [5.41, 5.74) is -0.0280. The van der Waals surface area contributed by atoms with Crippen LogP contribution in [-0.2, 0) is 14.8 Å². The third-order valence-corrected chi connectivity index (χ3v) is 5.43. The van der Waals surface area contributed by atoms with Gasteiger partial charge in [0.2, 0.25) is 10.0 Å². The van der Waals surface area contributed by atoms with Gasteiger partial charge in [0.1, 0.15) is 0 Å². The van der Waals surface area contributed by atoms with Gasteiger partial charge < -0.3 is 4.74 Å². The van der Waals surface area contributed by atoms with Crippen LogP contribution in [0.3, 0.4) is 0 Å². The molecule has 0 spiro atoms. The molecule has 2 unspecified atom stereocenters. The number of ether oxygens (including phenoxy) is 1. The Hall–Kier alpha value is -1.51. The highest BCUT2D eigenvalue weighted by Crippen LogP contribution is 2.28. The highest BCUT2D eigenvalue weighted by Gasteiger charge is 2.34. The van der Waals surface area contributed by atoms with E-state index < -0.39 is 14.9 Å². The summed E-state index contributed by atoms with van der Waals surface area (Å²) < 4.78 is 32.3. The Labute approximate surface area is 123 Å². The number of benzene rings is 1. The summed E-state index contributed by atoms with van der Waals surface area (Å²) in [7, 11) is -3.77. The Morgan fingerprint density at radius 1 is 1.29 bits per heavy atom. The maximum Gasteiger partial charge on any atom is 0.273 e. The molecule has 2 atom stereocenters. The maximum atomic E-state index is 12.7. The van der Waals surface area contributed by atoms with Gasteiger partial charge in [0.05, 0.1) is 22.0 Å². The van der Waals surface area contributed by atoms with Gasteiger partial charge in [0.15, 0.2) is 0 Å². The third kappa shape index (κ3) is 3.07. The summed E-state index contributed by atoms with van der Waals surface area (Å²) >= 11 is 0. The van der Waals surface area contributed by atoms with E-state index in [2.05, 4.69) is 0 Å². The fourth-order valence-electron chi connectivity index (χ4n) is 2.55. The molecule has 1 saturated heterocycles. The topological polar surface area (TPSA) is 89.8 Å². The average Bonchev–Trinajstić information content (AvgIpc) is 2.37. The Morgan fingerprint density at radius 3 is 2.38 bits per heavy atom. The summed E-state index contributed by atoms with van der Waals surface area (Å²) in [5, 5.41) is 11.0. The molecule has 0 radical (unpaired) electrons. The van der Waals surface area contributed by atoms with Crippen molar-refractivity contribution in [3.8, 4) is 0 Å². The number of rotatable bonds is 3. The van der Waals surface area contributed by atoms with Gasteiger partial charge in [-0.3, -0.25) is 10.1 Å². The monoisotopic (exact) mass is 314 g/mol. The van der Waals surface area contributed by atoms with Gasteiger partial charge in [0, 0.05) is 24.7 Å². The van der Waals surface area contributed by atoms with Crippen molar-refractivity contribution in [3.05, 3.63) is 33.9 Å². The quantitative estimate of drug-likeness (QED) is 0.625. The van der Waals surface area contributed by atoms with Crippen molar-refractivity contribution >= 4 is 15.7 Å². The van der Waals surface area contributed by atoms with Crippen LogP contribution in [0.5, 0.6) is 0 Å². The zero-order valence-corrected chi connectivity index (χ0v) is 13.0. The van der Waals surface area contributed by atoms with E-state index in [4.69, 9.17) is 4.74 Å². The van der Waals surface area contributed by atoms with Gasteiger partial charge in [-0.15, -0.1) is 0 Å². The van der Waals surface area contributed by atoms with E-state index >= 15 is 0 Å². The van der Waals surface area contributed by atoms with Crippen molar-refractivity contribution in [1.82, 2.24) is 4.31 Å². The molecule has 116 valence electrons. The lowest BCUT2D eigenvalue weighted by Gasteiger charge is -2.34. The second-order valence-corrected chi connectivity index (χ2v) is 7.14. The van der Waals surface area contributed by atoms with Crippen LogP contribution in [0.4, 0.5) is 5.69 Å². The van der Waals surface area contributed by atoms with Gasteiger partial charge in [-0.05, 0) is 26.8 Å². The van der Waals surface area contributed by atoms with Crippen LogP contribution in [0.25, 0.3) is 0 Å². The van der Waals surface area contributed by atoms with E-state index in [9.17, 15) is 18.5 Å². The molecule has 7 nitrogen and oxygen atoms in total. The molecule has 2 rings (SSSR count). The molecule has 0 aromatic heterocycles. The largest absolute Gasteiger partial charge is 0.373 e. The van der Waals surface area contributed by atoms with Crippen LogP contribution >= 0.6 is 0 Å². The lowest BCUT2D eigenvalue weighted by molar-refractivity contribution is -0.385. The molecule has 1 fully saturated rings. The van der Waals surface area contributed by atoms with E-state index in [1.165, 1.54) is 29.4 Å². The Balaban J connectivity index is 2.45. The first-order valence-corrected chi connectivity index (χ1v) is 8.07. The predicted molar refractivity (Wildman–Crippen MR) is 76.6 cm³/mol. The minimum Gasteiger partial charge on any atom is -0.373 e. The molecule has 1 aromatic rings. The number of nitro benzene ring substituents is 1. The molecule has 0 bridgehead atoms. The molecule has 21 heavy (non-hydrogen) atoms. The predicted octanol–water partition coefficient (Wildman–Crippen LogP) is 1.70. The van der Waals surface area contributed by atoms with Crippen molar-refractivity contribution < 1.29 is 18.1 Å². The molecule has 8 heteroatoms. The molecule has 1 heterocycles. The number of nitro groups is 1. The lowest BCUT2D eigenvalue weighted by Crippen LogP contribution is -2.48. The van der Waals surface area contributed by atoms with Crippen molar-refractivity contribution in [2.45, 2.75) is 37.9 Å². The molecule has 1 aliphatic heterocycles. The first kappa shape index (κ1) is 15.9. The number of morpholine rings is 1. The molecule has 0 N–H and O–H groups in total. The smallest absolute Gasteiger partial charge is 0.273 e. The Morgan fingerprint density at radius 2 is 1.86 bits per heavy atom. The van der Waals surface area contributed by atoms with Crippen molar-refractivity contribution in [2.24, 2.45) is 0 Å². The molecule has 0 amide bonds. The maximum absolute atomic E-state index is 12.7. The SMILES string of the molecule is Cc1c([N+](=O)[O-])cccc1S(=O)(=O)N1CC(C)OC(C)C1. The fourth-order valence-corrected chi connectivity index (χ4v) is 4.38. The first-order valence-electron chi connectivity index (χ1n) is 6.63. The molecule has 1 aliphatic rings. The van der Waals surface area contributed by atoms with Gasteiger partial charge in [-0.2, -0.15) is 4.31 Å². The minimum absolute atomic E-state index is 0.0157. The Bertz CT molecular complexity index is 649. The summed E-state index contributed by atoms with van der Waals surface area (Å²) in [6.07, 6.45) is -0.412. The van der Waals surface area contributed by atoms with Gasteiger partial charge >= 0.3 is 0 Å². The molecular formula is C13H18N2O5S. The van der Waals surface area contributed by atoms with Gasteiger partial charge in [-0.25, -0.2) is 8.42 Å². The summed E-state index contributed by atoms with van der Waals surface area (Å²) in [4.78, 5) is 10.4. The average molecular weight is 314 g/mol. The van der Waals surface area contributed by atoms with Crippen LogP contribution < -0.4 is 0 Å². The van der Waals surface area contributed by atoms with E-state index in [1.54, 1.807) is 13.8 Å². The van der Waals surface area contributed by atoms with Crippen LogP contribution in [0.1, 0.15) is 19.4 Å². The highest BCUT2D eigenvalue weighted by atomic mass is 32.2. The standard InChI is InChI=1S/C13H18N2O5S/c1-9-7-14(8-10(2)20-9)21(18,19)13-6-4-5-12(11(13)3)15(16)17/h4-6,9-10H,7-8H2,1-3H3. The number of hydrogen-bond acceptors (Lipinski definition) is 5. The molecule has 1 aromatic carbocycles. The summed E-state index contributed by atoms with van der Waals surface area (Å²) in [6, 6.07) is 4.10. The number of nitrogens with zero attached hydrogens (tertiary/aromatic N) is 2. The zero-order chi connectivity index (χ0) is 15.8. The normalized spacial score (nSPS) is 24.0. The first-order chi connectivity index (χ1) is 9.73. The number of hydrogen-bond donors (Lipinski definition) is 0. The summed E-state index contributed by atoms with van der Waals surface area (Å²) in [5.74, 6) is 0. The highest BCUT2D eigenvalue weighted by molar-refractivity contribution is 7.89. The van der Waals surface area contributed by atoms with Gasteiger partial charge in [0.25, 0.3) is 5.69 Å². The molecule has 0 aliphatic carbocycles. The van der Waals surface area contributed by atoms with Crippen molar-refractivity contribution in [1.29, 1.82) is 0 Å². The molecular weight excluding hydrogens is 296 g/mol. The summed E-state index contributed by atoms with van der Waals surface area (Å²) in [6.45, 7) is 5.55. The van der Waals surface area contributed by atoms with E-state index in [-0.39, 0.29) is 41.4 Å². The van der Waals surface area contributed by atoms with Gasteiger partial charge in [-0.1, -0.05) is 6.07 Å². The van der Waals surface area contributed by atoms with Crippen LogP contribution in [0.15, 0.2) is 23.1 Å². The third-order valence-electron chi connectivity index (χ3n) is 3.46. The second kappa shape index (κ2) is 5.70.